The van der Waals surface area contributed by atoms with Gasteiger partial charge in [0.05, 0.1) is 11.2 Å². The van der Waals surface area contributed by atoms with Crippen LogP contribution in [0, 0.1) is 6.92 Å². The number of aromatic nitrogens is 1. The Labute approximate surface area is 80.2 Å². The Morgan fingerprint density at radius 1 is 1.85 bits per heavy atom. The van der Waals surface area contributed by atoms with Gasteiger partial charge >= 0.3 is 5.97 Å². The van der Waals surface area contributed by atoms with E-state index in [9.17, 15) is 4.79 Å². The van der Waals surface area contributed by atoms with E-state index in [1.165, 1.54) is 18.4 Å². The highest BCUT2D eigenvalue weighted by Gasteiger charge is 2.18. The summed E-state index contributed by atoms with van der Waals surface area (Å²) in [6.07, 6.45) is -0.373. The number of hydrogen-bond donors (Lipinski definition) is 1. The van der Waals surface area contributed by atoms with E-state index in [2.05, 4.69) is 4.98 Å². The smallest absolute Gasteiger partial charge is 0.333 e. The van der Waals surface area contributed by atoms with Gasteiger partial charge in [-0.1, -0.05) is 0 Å². The maximum absolute atomic E-state index is 10.6. The van der Waals surface area contributed by atoms with Gasteiger partial charge in [0, 0.05) is 18.4 Å². The van der Waals surface area contributed by atoms with Crippen molar-refractivity contribution in [3.63, 3.8) is 0 Å². The molecule has 0 saturated carbocycles. The number of carboxylic acids is 1. The number of aliphatic carboxylic acids is 1. The maximum atomic E-state index is 10.6. The highest BCUT2D eigenvalue weighted by atomic mass is 32.1. The van der Waals surface area contributed by atoms with E-state index in [0.29, 0.717) is 6.42 Å². The minimum atomic E-state index is -0.935. The van der Waals surface area contributed by atoms with Gasteiger partial charge in [0.1, 0.15) is 0 Å². The van der Waals surface area contributed by atoms with E-state index in [1.807, 2.05) is 6.92 Å². The summed E-state index contributed by atoms with van der Waals surface area (Å²) >= 11 is 1.46. The predicted molar refractivity (Wildman–Crippen MR) is 49.0 cm³/mol. The molecule has 0 aliphatic heterocycles. The lowest BCUT2D eigenvalue weighted by Gasteiger charge is -2.08. The first-order chi connectivity index (χ1) is 6.15. The van der Waals surface area contributed by atoms with Gasteiger partial charge in [-0.3, -0.25) is 0 Å². The van der Waals surface area contributed by atoms with Crippen LogP contribution in [-0.4, -0.2) is 29.3 Å². The summed E-state index contributed by atoms with van der Waals surface area (Å²) in [5, 5.41) is 8.72. The Kier molecular flexibility index (Phi) is 3.39. The van der Waals surface area contributed by atoms with E-state index >= 15 is 0 Å². The van der Waals surface area contributed by atoms with Crippen LogP contribution in [0.5, 0.6) is 0 Å². The molecule has 0 spiro atoms. The number of ether oxygens (including phenoxy) is 1. The summed E-state index contributed by atoms with van der Waals surface area (Å²) in [6, 6.07) is 0. The molecule has 1 heterocycles. The molecular weight excluding hydrogens is 190 g/mol. The number of aryl methyl sites for hydroxylation is 1. The Bertz CT molecular complexity index is 297. The van der Waals surface area contributed by atoms with Crippen molar-refractivity contribution in [1.29, 1.82) is 0 Å². The normalized spacial score (nSPS) is 12.8. The molecule has 0 aliphatic rings. The first-order valence-corrected chi connectivity index (χ1v) is 4.67. The number of carboxylic acid groups (broad SMARTS) is 1. The van der Waals surface area contributed by atoms with Gasteiger partial charge in [0.2, 0.25) is 0 Å². The summed E-state index contributed by atoms with van der Waals surface area (Å²) in [4.78, 5) is 15.6. The van der Waals surface area contributed by atoms with Crippen LogP contribution in [-0.2, 0) is 16.0 Å². The third-order valence-corrected chi connectivity index (χ3v) is 2.73. The SMILES string of the molecule is COC(Cc1scnc1C)C(=O)O. The second-order valence-electron chi connectivity index (χ2n) is 2.63. The van der Waals surface area contributed by atoms with Gasteiger partial charge in [0.15, 0.2) is 6.10 Å². The number of carbonyl (C=O) groups is 1. The zero-order valence-corrected chi connectivity index (χ0v) is 8.30. The second-order valence-corrected chi connectivity index (χ2v) is 3.57. The zero-order chi connectivity index (χ0) is 9.84. The van der Waals surface area contributed by atoms with Crippen molar-refractivity contribution in [1.82, 2.24) is 4.98 Å². The number of methoxy groups -OCH3 is 1. The van der Waals surface area contributed by atoms with E-state index in [1.54, 1.807) is 5.51 Å². The third kappa shape index (κ3) is 2.50. The zero-order valence-electron chi connectivity index (χ0n) is 7.48. The lowest BCUT2D eigenvalue weighted by atomic mass is 10.2. The van der Waals surface area contributed by atoms with Crippen molar-refractivity contribution in [3.8, 4) is 0 Å². The van der Waals surface area contributed by atoms with Crippen LogP contribution >= 0.6 is 11.3 Å². The van der Waals surface area contributed by atoms with Gasteiger partial charge in [-0.25, -0.2) is 9.78 Å². The monoisotopic (exact) mass is 201 g/mol. The highest BCUT2D eigenvalue weighted by molar-refractivity contribution is 7.09. The fraction of sp³-hybridized carbons (Fsp3) is 0.500. The van der Waals surface area contributed by atoms with Crippen molar-refractivity contribution < 1.29 is 14.6 Å². The van der Waals surface area contributed by atoms with Crippen LogP contribution in [0.4, 0.5) is 0 Å². The minimum Gasteiger partial charge on any atom is -0.479 e. The van der Waals surface area contributed by atoms with Crippen molar-refractivity contribution >= 4 is 17.3 Å². The molecule has 0 saturated heterocycles. The van der Waals surface area contributed by atoms with Crippen LogP contribution < -0.4 is 0 Å². The molecule has 0 radical (unpaired) electrons. The van der Waals surface area contributed by atoms with Crippen LogP contribution in [0.15, 0.2) is 5.51 Å². The average molecular weight is 201 g/mol. The van der Waals surface area contributed by atoms with Gasteiger partial charge in [-0.15, -0.1) is 11.3 Å². The molecule has 4 nitrogen and oxygen atoms in total. The standard InChI is InChI=1S/C8H11NO3S/c1-5-7(13-4-9-5)3-6(12-2)8(10)11/h4,6H,3H2,1-2H3,(H,10,11). The molecule has 1 rings (SSSR count). The second kappa shape index (κ2) is 4.34. The summed E-state index contributed by atoms with van der Waals surface area (Å²) in [5.74, 6) is -0.935. The molecule has 1 atom stereocenters. The molecular formula is C8H11NO3S. The summed E-state index contributed by atoms with van der Waals surface area (Å²) < 4.78 is 4.82. The average Bonchev–Trinajstić information content (AvgIpc) is 2.46. The maximum Gasteiger partial charge on any atom is 0.333 e. The Morgan fingerprint density at radius 2 is 2.54 bits per heavy atom. The van der Waals surface area contributed by atoms with E-state index < -0.39 is 12.1 Å². The molecule has 1 unspecified atom stereocenters. The topological polar surface area (TPSA) is 59.4 Å². The fourth-order valence-corrected chi connectivity index (χ4v) is 1.77. The van der Waals surface area contributed by atoms with E-state index in [-0.39, 0.29) is 0 Å². The quantitative estimate of drug-likeness (QED) is 0.792. The molecule has 5 heteroatoms. The molecule has 0 aliphatic carbocycles. The Hall–Kier alpha value is -0.940. The van der Waals surface area contributed by atoms with Gasteiger partial charge < -0.3 is 9.84 Å². The predicted octanol–water partition coefficient (Wildman–Crippen LogP) is 1.09. The third-order valence-electron chi connectivity index (χ3n) is 1.78. The van der Waals surface area contributed by atoms with Crippen molar-refractivity contribution in [2.24, 2.45) is 0 Å². The summed E-state index contributed by atoms with van der Waals surface area (Å²) in [7, 11) is 1.40. The van der Waals surface area contributed by atoms with Gasteiger partial charge in [0.25, 0.3) is 0 Å². The molecule has 1 aromatic heterocycles. The van der Waals surface area contributed by atoms with Crippen molar-refractivity contribution in [3.05, 3.63) is 16.1 Å². The summed E-state index contributed by atoms with van der Waals surface area (Å²) in [6.45, 7) is 1.86. The fourth-order valence-electron chi connectivity index (χ4n) is 0.962. The number of thiazole rings is 1. The first-order valence-electron chi connectivity index (χ1n) is 3.79. The number of nitrogens with zero attached hydrogens (tertiary/aromatic N) is 1. The Morgan fingerprint density at radius 3 is 2.92 bits per heavy atom. The molecule has 13 heavy (non-hydrogen) atoms. The van der Waals surface area contributed by atoms with Crippen LogP contribution in [0.25, 0.3) is 0 Å². The van der Waals surface area contributed by atoms with Crippen LogP contribution in [0.3, 0.4) is 0 Å². The molecule has 1 aromatic rings. The van der Waals surface area contributed by atoms with E-state index in [4.69, 9.17) is 9.84 Å². The lowest BCUT2D eigenvalue weighted by Crippen LogP contribution is -2.24. The molecule has 0 aromatic carbocycles. The van der Waals surface area contributed by atoms with Gasteiger partial charge in [-0.05, 0) is 6.92 Å². The first kappa shape index (κ1) is 10.1. The minimum absolute atomic E-state index is 0.391. The molecule has 1 N–H and O–H groups in total. The number of rotatable bonds is 4. The molecule has 72 valence electrons. The van der Waals surface area contributed by atoms with Crippen LogP contribution in [0.1, 0.15) is 10.6 Å². The Balaban J connectivity index is 2.67. The molecule has 0 amide bonds. The van der Waals surface area contributed by atoms with Crippen molar-refractivity contribution in [2.75, 3.05) is 7.11 Å². The molecule has 0 bridgehead atoms. The highest BCUT2D eigenvalue weighted by Crippen LogP contribution is 2.15. The lowest BCUT2D eigenvalue weighted by molar-refractivity contribution is -0.148. The van der Waals surface area contributed by atoms with E-state index in [0.717, 1.165) is 10.6 Å². The van der Waals surface area contributed by atoms with Crippen molar-refractivity contribution in [2.45, 2.75) is 19.4 Å². The molecule has 0 fully saturated rings. The largest absolute Gasteiger partial charge is 0.479 e. The number of hydrogen-bond acceptors (Lipinski definition) is 4. The van der Waals surface area contributed by atoms with Crippen LogP contribution in [0.2, 0.25) is 0 Å². The summed E-state index contributed by atoms with van der Waals surface area (Å²) in [5.41, 5.74) is 2.59. The van der Waals surface area contributed by atoms with Gasteiger partial charge in [-0.2, -0.15) is 0 Å².